The number of pyridine rings is 1. The summed E-state index contributed by atoms with van der Waals surface area (Å²) in [4.78, 5) is 30.4. The first-order valence-corrected chi connectivity index (χ1v) is 14.1. The number of para-hydroxylation sites is 1. The van der Waals surface area contributed by atoms with E-state index in [9.17, 15) is 14.7 Å². The molecule has 7 nitrogen and oxygen atoms in total. The van der Waals surface area contributed by atoms with Gasteiger partial charge in [0.05, 0.1) is 18.2 Å². The normalized spacial score (nSPS) is 12.7. The summed E-state index contributed by atoms with van der Waals surface area (Å²) < 4.78 is 11.6. The maximum Gasteiger partial charge on any atom is 0.410 e. The minimum absolute atomic E-state index is 0.0325. The molecule has 1 aromatic heterocycles. The van der Waals surface area contributed by atoms with Gasteiger partial charge in [-0.2, -0.15) is 0 Å². The van der Waals surface area contributed by atoms with Gasteiger partial charge in [0, 0.05) is 17.8 Å². The van der Waals surface area contributed by atoms with Gasteiger partial charge in [0.15, 0.2) is 6.29 Å². The molecule has 0 spiro atoms. The Morgan fingerprint density at radius 3 is 2.31 bits per heavy atom. The number of hydrogen-bond acceptors (Lipinski definition) is 6. The second-order valence-electron chi connectivity index (χ2n) is 11.1. The molecule has 0 bridgehead atoms. The molecule has 0 aliphatic carbocycles. The molecular weight excluding hydrogens is 552 g/mol. The second kappa shape index (κ2) is 13.6. The van der Waals surface area contributed by atoms with Gasteiger partial charge in [0.1, 0.15) is 22.3 Å². The Kier molecular flexibility index (Phi) is 9.99. The van der Waals surface area contributed by atoms with Crippen LogP contribution in [0.15, 0.2) is 91.1 Å². The Balaban J connectivity index is 1.51. The molecule has 218 valence electrons. The average Bonchev–Trinajstić information content (AvgIpc) is 2.96. The molecule has 0 aliphatic heterocycles. The molecule has 1 amide bonds. The summed E-state index contributed by atoms with van der Waals surface area (Å²) >= 11 is 5.89. The van der Waals surface area contributed by atoms with E-state index in [0.717, 1.165) is 23.0 Å². The Labute approximate surface area is 251 Å². The Bertz CT molecular complexity index is 1490. The predicted molar refractivity (Wildman–Crippen MR) is 164 cm³/mol. The van der Waals surface area contributed by atoms with Crippen molar-refractivity contribution in [2.24, 2.45) is 0 Å². The zero-order valence-corrected chi connectivity index (χ0v) is 24.9. The quantitative estimate of drug-likeness (QED) is 0.150. The van der Waals surface area contributed by atoms with Gasteiger partial charge < -0.3 is 19.5 Å². The number of nitrogens with zero attached hydrogens (tertiary/aromatic N) is 2. The summed E-state index contributed by atoms with van der Waals surface area (Å²) in [5, 5.41) is 11.2. The number of aromatic nitrogens is 1. The van der Waals surface area contributed by atoms with Gasteiger partial charge in [-0.15, -0.1) is 0 Å². The van der Waals surface area contributed by atoms with Crippen LogP contribution in [0.4, 0.5) is 4.79 Å². The molecule has 0 radical (unpaired) electrons. The van der Waals surface area contributed by atoms with Crippen LogP contribution in [0.3, 0.4) is 0 Å². The summed E-state index contributed by atoms with van der Waals surface area (Å²) in [5.74, 6) is 1.13. The molecule has 4 aromatic rings. The standard InChI is InChI=1S/C34H35ClN2O5/c1-23(37(33(40)42-34(2,3)4)21-30(39)27-16-17-32(35)36-20-27)18-24-10-12-25(13-11-24)26-14-15-28(22-38)31(19-26)41-29-8-6-5-7-9-29/h5-17,19-20,22-23,30,39H,18,21H2,1-4H3. The third kappa shape index (κ3) is 8.41. The van der Waals surface area contributed by atoms with Crippen LogP contribution in [0, 0.1) is 0 Å². The molecule has 4 rings (SSSR count). The zero-order valence-electron chi connectivity index (χ0n) is 24.2. The van der Waals surface area contributed by atoms with E-state index in [1.54, 1.807) is 23.1 Å². The van der Waals surface area contributed by atoms with E-state index >= 15 is 0 Å². The van der Waals surface area contributed by atoms with Crippen LogP contribution in [0.25, 0.3) is 11.1 Å². The van der Waals surface area contributed by atoms with E-state index in [-0.39, 0.29) is 12.6 Å². The highest BCUT2D eigenvalue weighted by Gasteiger charge is 2.28. The molecular formula is C34H35ClN2O5. The number of amides is 1. The van der Waals surface area contributed by atoms with Crippen LogP contribution < -0.4 is 4.74 Å². The molecule has 2 atom stereocenters. The number of carbonyl (C=O) groups excluding carboxylic acids is 2. The lowest BCUT2D eigenvalue weighted by molar-refractivity contribution is 0.00543. The maximum absolute atomic E-state index is 13.2. The van der Waals surface area contributed by atoms with E-state index in [1.165, 1.54) is 6.20 Å². The maximum atomic E-state index is 13.2. The molecule has 0 saturated heterocycles. The van der Waals surface area contributed by atoms with Crippen molar-refractivity contribution in [3.63, 3.8) is 0 Å². The number of hydrogen-bond donors (Lipinski definition) is 1. The van der Waals surface area contributed by atoms with E-state index in [2.05, 4.69) is 4.98 Å². The average molecular weight is 587 g/mol. The number of halogens is 1. The van der Waals surface area contributed by atoms with Gasteiger partial charge >= 0.3 is 6.09 Å². The fourth-order valence-corrected chi connectivity index (χ4v) is 4.54. The van der Waals surface area contributed by atoms with E-state index in [4.69, 9.17) is 21.1 Å². The lowest BCUT2D eigenvalue weighted by Crippen LogP contribution is -2.45. The number of aliphatic hydroxyl groups excluding tert-OH is 1. The highest BCUT2D eigenvalue weighted by Crippen LogP contribution is 2.31. The number of ether oxygens (including phenoxy) is 2. The Hall–Kier alpha value is -4.20. The minimum Gasteiger partial charge on any atom is -0.457 e. The predicted octanol–water partition coefficient (Wildman–Crippen LogP) is 7.91. The number of benzene rings is 3. The molecule has 3 aromatic carbocycles. The first kappa shape index (κ1) is 30.8. The van der Waals surface area contributed by atoms with Crippen molar-refractivity contribution in [3.8, 4) is 22.6 Å². The van der Waals surface area contributed by atoms with Crippen molar-refractivity contribution >= 4 is 24.0 Å². The number of rotatable bonds is 10. The van der Waals surface area contributed by atoms with E-state index in [0.29, 0.717) is 34.2 Å². The van der Waals surface area contributed by atoms with Gasteiger partial charge in [-0.1, -0.05) is 66.2 Å². The second-order valence-corrected chi connectivity index (χ2v) is 11.5. The van der Waals surface area contributed by atoms with Crippen LogP contribution in [0.1, 0.15) is 55.3 Å². The minimum atomic E-state index is -0.964. The van der Waals surface area contributed by atoms with Crippen molar-refractivity contribution in [1.29, 1.82) is 0 Å². The van der Waals surface area contributed by atoms with Crippen LogP contribution >= 0.6 is 11.6 Å². The molecule has 42 heavy (non-hydrogen) atoms. The fraction of sp³-hybridized carbons (Fsp3) is 0.265. The van der Waals surface area contributed by atoms with Crippen molar-refractivity contribution in [2.45, 2.75) is 51.9 Å². The third-order valence-electron chi connectivity index (χ3n) is 6.59. The van der Waals surface area contributed by atoms with Crippen molar-refractivity contribution in [2.75, 3.05) is 6.54 Å². The van der Waals surface area contributed by atoms with E-state index < -0.39 is 17.8 Å². The fourth-order valence-electron chi connectivity index (χ4n) is 4.43. The molecule has 0 aliphatic rings. The molecule has 8 heteroatoms. The Morgan fingerprint density at radius 2 is 1.69 bits per heavy atom. The van der Waals surface area contributed by atoms with Gasteiger partial charge in [-0.05, 0) is 81.1 Å². The van der Waals surface area contributed by atoms with Crippen molar-refractivity contribution in [1.82, 2.24) is 9.88 Å². The molecule has 0 fully saturated rings. The molecule has 2 unspecified atom stereocenters. The number of aldehydes is 1. The summed E-state index contributed by atoms with van der Waals surface area (Å²) in [6.07, 6.45) is 1.35. The lowest BCUT2D eigenvalue weighted by Gasteiger charge is -2.33. The van der Waals surface area contributed by atoms with Crippen molar-refractivity contribution in [3.05, 3.63) is 113 Å². The number of carbonyl (C=O) groups is 2. The van der Waals surface area contributed by atoms with Crippen LogP contribution in [-0.2, 0) is 11.2 Å². The Morgan fingerprint density at radius 1 is 1.00 bits per heavy atom. The van der Waals surface area contributed by atoms with Gasteiger partial charge in [0.2, 0.25) is 0 Å². The zero-order chi connectivity index (χ0) is 30.3. The van der Waals surface area contributed by atoms with Gasteiger partial charge in [-0.3, -0.25) is 4.79 Å². The van der Waals surface area contributed by atoms with Crippen molar-refractivity contribution < 1.29 is 24.2 Å². The summed E-state index contributed by atoms with van der Waals surface area (Å²) in [7, 11) is 0. The summed E-state index contributed by atoms with van der Waals surface area (Å²) in [6.45, 7) is 7.39. The number of aliphatic hydroxyl groups is 1. The SMILES string of the molecule is CC(Cc1ccc(-c2ccc(C=O)c(Oc3ccccc3)c2)cc1)N(CC(O)c1ccc(Cl)nc1)C(=O)OC(C)(C)C. The smallest absolute Gasteiger partial charge is 0.410 e. The topological polar surface area (TPSA) is 89.0 Å². The molecule has 1 N–H and O–H groups in total. The van der Waals surface area contributed by atoms with Crippen LogP contribution in [0.2, 0.25) is 5.15 Å². The van der Waals surface area contributed by atoms with Crippen LogP contribution in [-0.4, -0.2) is 45.6 Å². The molecule has 1 heterocycles. The largest absolute Gasteiger partial charge is 0.457 e. The summed E-state index contributed by atoms with van der Waals surface area (Å²) in [5.41, 5.74) is 3.20. The third-order valence-corrected chi connectivity index (χ3v) is 6.82. The first-order chi connectivity index (χ1) is 20.0. The van der Waals surface area contributed by atoms with E-state index in [1.807, 2.05) is 94.4 Å². The monoisotopic (exact) mass is 586 g/mol. The summed E-state index contributed by atoms with van der Waals surface area (Å²) in [6, 6.07) is 25.8. The highest BCUT2D eigenvalue weighted by molar-refractivity contribution is 6.29. The van der Waals surface area contributed by atoms with Gasteiger partial charge in [-0.25, -0.2) is 9.78 Å². The highest BCUT2D eigenvalue weighted by atomic mass is 35.5. The first-order valence-electron chi connectivity index (χ1n) is 13.7. The van der Waals surface area contributed by atoms with Crippen LogP contribution in [0.5, 0.6) is 11.5 Å². The molecule has 0 saturated carbocycles. The van der Waals surface area contributed by atoms with Gasteiger partial charge in [0.25, 0.3) is 0 Å². The lowest BCUT2D eigenvalue weighted by atomic mass is 9.99.